The van der Waals surface area contributed by atoms with Crippen LogP contribution in [0.3, 0.4) is 0 Å². The van der Waals surface area contributed by atoms with Crippen LogP contribution in [0.15, 0.2) is 48.5 Å². The standard InChI is InChI=1S/C22H23F3N2O3/c23-22(24,25)19-5-1-16(2-6-19)13-26-9-11-27(12-10-26)20(28)17-3-7-18(8-4-17)21(29)14-30-15-21/h1-8,29H,9-15H2. The van der Waals surface area contributed by atoms with Crippen molar-refractivity contribution in [3.63, 3.8) is 0 Å². The molecule has 0 radical (unpaired) electrons. The summed E-state index contributed by atoms with van der Waals surface area (Å²) < 4.78 is 43.1. The zero-order chi connectivity index (χ0) is 21.4. The summed E-state index contributed by atoms with van der Waals surface area (Å²) in [6, 6.07) is 12.2. The summed E-state index contributed by atoms with van der Waals surface area (Å²) >= 11 is 0. The van der Waals surface area contributed by atoms with Crippen LogP contribution in [0.4, 0.5) is 13.2 Å². The number of carbonyl (C=O) groups excluding carboxylic acids is 1. The molecule has 4 rings (SSSR count). The summed E-state index contributed by atoms with van der Waals surface area (Å²) in [4.78, 5) is 16.7. The number of rotatable bonds is 4. The molecular weight excluding hydrogens is 397 g/mol. The molecule has 1 N–H and O–H groups in total. The smallest absolute Gasteiger partial charge is 0.380 e. The first-order valence-electron chi connectivity index (χ1n) is 9.83. The predicted octanol–water partition coefficient (Wildman–Crippen LogP) is 2.88. The molecule has 30 heavy (non-hydrogen) atoms. The Hall–Kier alpha value is -2.42. The van der Waals surface area contributed by atoms with E-state index in [0.29, 0.717) is 38.3 Å². The van der Waals surface area contributed by atoms with Crippen LogP contribution in [-0.4, -0.2) is 60.2 Å². The van der Waals surface area contributed by atoms with E-state index in [4.69, 9.17) is 4.74 Å². The average molecular weight is 420 g/mol. The first-order valence-corrected chi connectivity index (χ1v) is 9.83. The van der Waals surface area contributed by atoms with E-state index in [1.807, 2.05) is 0 Å². The number of aliphatic hydroxyl groups is 1. The van der Waals surface area contributed by atoms with Crippen molar-refractivity contribution < 1.29 is 27.8 Å². The van der Waals surface area contributed by atoms with E-state index in [1.165, 1.54) is 12.1 Å². The minimum Gasteiger partial charge on any atom is -0.380 e. The maximum absolute atomic E-state index is 12.8. The van der Waals surface area contributed by atoms with Crippen molar-refractivity contribution in [1.29, 1.82) is 0 Å². The number of halogens is 3. The highest BCUT2D eigenvalue weighted by molar-refractivity contribution is 5.94. The quantitative estimate of drug-likeness (QED) is 0.827. The topological polar surface area (TPSA) is 53.0 Å². The number of benzene rings is 2. The van der Waals surface area contributed by atoms with Crippen LogP contribution < -0.4 is 0 Å². The zero-order valence-corrected chi connectivity index (χ0v) is 16.4. The van der Waals surface area contributed by atoms with E-state index in [1.54, 1.807) is 29.2 Å². The number of carbonyl (C=O) groups is 1. The van der Waals surface area contributed by atoms with E-state index in [2.05, 4.69) is 4.90 Å². The predicted molar refractivity (Wildman–Crippen MR) is 104 cm³/mol. The fourth-order valence-electron chi connectivity index (χ4n) is 3.73. The molecule has 0 spiro atoms. The van der Waals surface area contributed by atoms with Crippen molar-refractivity contribution in [1.82, 2.24) is 9.80 Å². The minimum absolute atomic E-state index is 0.0624. The Bertz CT molecular complexity index is 885. The van der Waals surface area contributed by atoms with Gasteiger partial charge >= 0.3 is 6.18 Å². The molecule has 2 fully saturated rings. The average Bonchev–Trinajstić information content (AvgIpc) is 2.72. The van der Waals surface area contributed by atoms with Crippen LogP contribution in [0.2, 0.25) is 0 Å². The maximum Gasteiger partial charge on any atom is 0.416 e. The fourth-order valence-corrected chi connectivity index (χ4v) is 3.73. The van der Waals surface area contributed by atoms with Gasteiger partial charge in [-0.3, -0.25) is 9.69 Å². The lowest BCUT2D eigenvalue weighted by Crippen LogP contribution is -2.48. The maximum atomic E-state index is 12.8. The van der Waals surface area contributed by atoms with Crippen molar-refractivity contribution in [2.24, 2.45) is 0 Å². The number of ether oxygens (including phenoxy) is 1. The monoisotopic (exact) mass is 420 g/mol. The fraction of sp³-hybridized carbons (Fsp3) is 0.409. The molecule has 2 aromatic carbocycles. The van der Waals surface area contributed by atoms with Crippen LogP contribution in [0.5, 0.6) is 0 Å². The molecule has 2 aliphatic heterocycles. The molecule has 0 aliphatic carbocycles. The highest BCUT2D eigenvalue weighted by Gasteiger charge is 2.38. The number of amides is 1. The first-order chi connectivity index (χ1) is 14.2. The summed E-state index contributed by atoms with van der Waals surface area (Å²) in [6.45, 7) is 3.50. The van der Waals surface area contributed by atoms with Crippen LogP contribution in [0.25, 0.3) is 0 Å². The second-order valence-corrected chi connectivity index (χ2v) is 7.86. The van der Waals surface area contributed by atoms with Gasteiger partial charge in [-0.2, -0.15) is 13.2 Å². The third-order valence-corrected chi connectivity index (χ3v) is 5.70. The molecule has 5 nitrogen and oxygen atoms in total. The van der Waals surface area contributed by atoms with Crippen LogP contribution in [0, 0.1) is 0 Å². The second-order valence-electron chi connectivity index (χ2n) is 7.86. The van der Waals surface area contributed by atoms with Gasteiger partial charge in [-0.25, -0.2) is 0 Å². The first kappa shape index (κ1) is 20.8. The minimum atomic E-state index is -4.33. The molecule has 1 amide bonds. The van der Waals surface area contributed by atoms with Crippen molar-refractivity contribution in [2.45, 2.75) is 18.3 Å². The molecule has 0 saturated carbocycles. The van der Waals surface area contributed by atoms with E-state index in [-0.39, 0.29) is 19.1 Å². The molecule has 2 saturated heterocycles. The number of alkyl halides is 3. The van der Waals surface area contributed by atoms with Gasteiger partial charge in [-0.15, -0.1) is 0 Å². The SMILES string of the molecule is O=C(c1ccc(C2(O)COC2)cc1)N1CCN(Cc2ccc(C(F)(F)F)cc2)CC1. The Labute approximate surface area is 172 Å². The van der Waals surface area contributed by atoms with Gasteiger partial charge in [0, 0.05) is 38.3 Å². The van der Waals surface area contributed by atoms with Crippen LogP contribution >= 0.6 is 0 Å². The lowest BCUT2D eigenvalue weighted by Gasteiger charge is -2.37. The Balaban J connectivity index is 1.30. The number of nitrogens with zero attached hydrogens (tertiary/aromatic N) is 2. The summed E-state index contributed by atoms with van der Waals surface area (Å²) in [5.74, 6) is -0.0624. The third kappa shape index (κ3) is 4.35. The van der Waals surface area contributed by atoms with E-state index in [9.17, 15) is 23.1 Å². The molecule has 0 bridgehead atoms. The highest BCUT2D eigenvalue weighted by atomic mass is 19.4. The summed E-state index contributed by atoms with van der Waals surface area (Å²) in [5, 5.41) is 10.3. The van der Waals surface area contributed by atoms with Gasteiger partial charge in [0.2, 0.25) is 0 Å². The Morgan fingerprint density at radius 1 is 0.967 bits per heavy atom. The zero-order valence-electron chi connectivity index (χ0n) is 16.4. The van der Waals surface area contributed by atoms with Crippen molar-refractivity contribution in [2.75, 3.05) is 39.4 Å². The molecule has 2 aromatic rings. The second kappa shape index (κ2) is 8.02. The molecule has 2 heterocycles. The van der Waals surface area contributed by atoms with Crippen LogP contribution in [0.1, 0.15) is 27.0 Å². The normalized spacial score (nSPS) is 19.4. The van der Waals surface area contributed by atoms with Crippen molar-refractivity contribution >= 4 is 5.91 Å². The Kier molecular flexibility index (Phi) is 5.57. The Morgan fingerprint density at radius 2 is 1.57 bits per heavy atom. The number of hydrogen-bond acceptors (Lipinski definition) is 4. The Morgan fingerprint density at radius 3 is 2.07 bits per heavy atom. The summed E-state index contributed by atoms with van der Waals surface area (Å²) in [7, 11) is 0. The molecular formula is C22H23F3N2O3. The molecule has 0 aromatic heterocycles. The van der Waals surface area contributed by atoms with Crippen LogP contribution in [-0.2, 0) is 23.1 Å². The van der Waals surface area contributed by atoms with Gasteiger partial charge in [-0.1, -0.05) is 24.3 Å². The number of piperazine rings is 1. The van der Waals surface area contributed by atoms with Gasteiger partial charge < -0.3 is 14.7 Å². The summed E-state index contributed by atoms with van der Waals surface area (Å²) in [6.07, 6.45) is -4.33. The highest BCUT2D eigenvalue weighted by Crippen LogP contribution is 2.30. The van der Waals surface area contributed by atoms with Gasteiger partial charge in [-0.05, 0) is 35.4 Å². The molecule has 8 heteroatoms. The third-order valence-electron chi connectivity index (χ3n) is 5.70. The van der Waals surface area contributed by atoms with Gasteiger partial charge in [0.1, 0.15) is 5.60 Å². The molecule has 2 aliphatic rings. The van der Waals surface area contributed by atoms with Gasteiger partial charge in [0.05, 0.1) is 18.8 Å². The van der Waals surface area contributed by atoms with Crippen molar-refractivity contribution in [3.05, 3.63) is 70.8 Å². The van der Waals surface area contributed by atoms with Gasteiger partial charge in [0.25, 0.3) is 5.91 Å². The largest absolute Gasteiger partial charge is 0.416 e. The van der Waals surface area contributed by atoms with E-state index in [0.717, 1.165) is 23.3 Å². The van der Waals surface area contributed by atoms with E-state index >= 15 is 0 Å². The molecule has 0 unspecified atom stereocenters. The lowest BCUT2D eigenvalue weighted by atomic mass is 9.91. The number of hydrogen-bond donors (Lipinski definition) is 1. The van der Waals surface area contributed by atoms with Gasteiger partial charge in [0.15, 0.2) is 0 Å². The summed E-state index contributed by atoms with van der Waals surface area (Å²) in [5.41, 5.74) is 0.525. The van der Waals surface area contributed by atoms with E-state index < -0.39 is 17.3 Å². The molecule has 0 atom stereocenters. The lowest BCUT2D eigenvalue weighted by molar-refractivity contribution is -0.184. The van der Waals surface area contributed by atoms with Crippen molar-refractivity contribution in [3.8, 4) is 0 Å². The molecule has 160 valence electrons.